The van der Waals surface area contributed by atoms with E-state index in [2.05, 4.69) is 35.6 Å². The lowest BCUT2D eigenvalue weighted by Gasteiger charge is -2.19. The van der Waals surface area contributed by atoms with Crippen molar-refractivity contribution in [1.82, 2.24) is 30.2 Å². The number of thiazole rings is 1. The Balaban J connectivity index is 1.71. The molecule has 0 aliphatic rings. The fourth-order valence-corrected chi connectivity index (χ4v) is 4.05. The van der Waals surface area contributed by atoms with Crippen molar-refractivity contribution >= 4 is 46.5 Å². The van der Waals surface area contributed by atoms with Crippen molar-refractivity contribution in [2.75, 3.05) is 11.1 Å². The van der Waals surface area contributed by atoms with Crippen molar-refractivity contribution in [3.8, 4) is 0 Å². The third-order valence-electron chi connectivity index (χ3n) is 4.54. The minimum atomic E-state index is -0.495. The number of amides is 2. The summed E-state index contributed by atoms with van der Waals surface area (Å²) in [4.78, 5) is 46.2. The molecule has 3 aromatic heterocycles. The van der Waals surface area contributed by atoms with Crippen LogP contribution in [-0.2, 0) is 12.0 Å². The first-order chi connectivity index (χ1) is 15.5. The molecule has 1 unspecified atom stereocenters. The highest BCUT2D eigenvalue weighted by Gasteiger charge is 2.23. The number of rotatable bonds is 6. The first kappa shape index (κ1) is 24.4. The Morgan fingerprint density at radius 3 is 2.55 bits per heavy atom. The van der Waals surface area contributed by atoms with Crippen LogP contribution in [0.2, 0.25) is 5.02 Å². The molecule has 0 aromatic carbocycles. The quantitative estimate of drug-likeness (QED) is 0.405. The van der Waals surface area contributed by atoms with Gasteiger partial charge in [0.1, 0.15) is 27.7 Å². The minimum absolute atomic E-state index is 0.0229. The third-order valence-corrected chi connectivity index (χ3v) is 6.00. The number of carbonyl (C=O) groups is 2. The smallest absolute Gasteiger partial charge is 0.270 e. The van der Waals surface area contributed by atoms with Crippen LogP contribution in [0.4, 0.5) is 11.8 Å². The van der Waals surface area contributed by atoms with Gasteiger partial charge in [-0.2, -0.15) is 0 Å². The van der Waals surface area contributed by atoms with Gasteiger partial charge in [0.2, 0.25) is 5.95 Å². The first-order valence-electron chi connectivity index (χ1n) is 9.91. The van der Waals surface area contributed by atoms with Crippen molar-refractivity contribution in [1.29, 1.82) is 0 Å². The van der Waals surface area contributed by atoms with Gasteiger partial charge < -0.3 is 16.8 Å². The highest BCUT2D eigenvalue weighted by Crippen LogP contribution is 2.28. The molecule has 13 heteroatoms. The highest BCUT2D eigenvalue weighted by molar-refractivity contribution is 7.13. The fraction of sp³-hybridized carbons (Fsp3) is 0.350. The van der Waals surface area contributed by atoms with Gasteiger partial charge in [-0.15, -0.1) is 11.3 Å². The molecule has 1 atom stereocenters. The maximum Gasteiger partial charge on any atom is 0.270 e. The summed E-state index contributed by atoms with van der Waals surface area (Å²) in [6.45, 7) is 7.65. The Hall–Kier alpha value is -3.22. The van der Waals surface area contributed by atoms with Gasteiger partial charge in [-0.25, -0.2) is 24.9 Å². The SMILES string of the molecule is CC(NC(=O)c1ncnc(N)c1CN)c1ncc(C(=O)Nc2ncc(Cl)c(C(C)(C)C)n2)s1. The minimum Gasteiger partial charge on any atom is -0.383 e. The van der Waals surface area contributed by atoms with E-state index in [4.69, 9.17) is 23.1 Å². The lowest BCUT2D eigenvalue weighted by Crippen LogP contribution is -2.29. The number of nitrogens with one attached hydrogen (secondary N) is 2. The highest BCUT2D eigenvalue weighted by atomic mass is 35.5. The number of nitrogens with zero attached hydrogens (tertiary/aromatic N) is 5. The summed E-state index contributed by atoms with van der Waals surface area (Å²) in [7, 11) is 0. The summed E-state index contributed by atoms with van der Waals surface area (Å²) in [6.07, 6.45) is 4.08. The standard InChI is InChI=1S/C20H24ClN9O2S/c1-9(28-17(32)13-10(5-22)15(23)27-8-26-13)18-24-7-12(33-18)16(31)30-19-25-6-11(21)14(29-19)20(2,3)4/h6-9H,5,22H2,1-4H3,(H,28,32)(H2,23,26,27)(H,25,29,30,31). The summed E-state index contributed by atoms with van der Waals surface area (Å²) in [5.74, 6) is -0.602. The lowest BCUT2D eigenvalue weighted by molar-refractivity contribution is 0.0933. The molecule has 0 fully saturated rings. The van der Waals surface area contributed by atoms with Crippen molar-refractivity contribution in [2.45, 2.75) is 45.7 Å². The van der Waals surface area contributed by atoms with Gasteiger partial charge in [0.05, 0.1) is 29.2 Å². The van der Waals surface area contributed by atoms with Crippen molar-refractivity contribution < 1.29 is 9.59 Å². The van der Waals surface area contributed by atoms with E-state index >= 15 is 0 Å². The summed E-state index contributed by atoms with van der Waals surface area (Å²) < 4.78 is 0. The summed E-state index contributed by atoms with van der Waals surface area (Å²) >= 11 is 7.31. The Bertz CT molecular complexity index is 1190. The molecule has 0 aliphatic heterocycles. The Morgan fingerprint density at radius 2 is 1.88 bits per heavy atom. The zero-order valence-electron chi connectivity index (χ0n) is 18.5. The maximum atomic E-state index is 12.7. The molecular formula is C20H24ClN9O2S. The van der Waals surface area contributed by atoms with E-state index in [1.165, 1.54) is 18.7 Å². The zero-order chi connectivity index (χ0) is 24.3. The second kappa shape index (κ2) is 9.73. The second-order valence-electron chi connectivity index (χ2n) is 8.14. The summed E-state index contributed by atoms with van der Waals surface area (Å²) in [5.41, 5.74) is 12.2. The van der Waals surface area contributed by atoms with E-state index in [-0.39, 0.29) is 29.4 Å². The Labute approximate surface area is 199 Å². The van der Waals surface area contributed by atoms with E-state index in [1.54, 1.807) is 6.92 Å². The second-order valence-corrected chi connectivity index (χ2v) is 9.61. The van der Waals surface area contributed by atoms with E-state index in [0.717, 1.165) is 11.3 Å². The van der Waals surface area contributed by atoms with Crippen molar-refractivity contribution in [3.05, 3.63) is 50.6 Å². The number of hydrogen-bond donors (Lipinski definition) is 4. The van der Waals surface area contributed by atoms with Crippen LogP contribution in [0, 0.1) is 0 Å². The molecule has 6 N–H and O–H groups in total. The average Bonchev–Trinajstić information content (AvgIpc) is 3.24. The van der Waals surface area contributed by atoms with Crippen LogP contribution in [-0.4, -0.2) is 36.7 Å². The van der Waals surface area contributed by atoms with Gasteiger partial charge in [0.15, 0.2) is 0 Å². The van der Waals surface area contributed by atoms with Crippen LogP contribution in [0.1, 0.15) is 70.2 Å². The van der Waals surface area contributed by atoms with Crippen LogP contribution in [0.25, 0.3) is 0 Å². The number of aromatic nitrogens is 5. The van der Waals surface area contributed by atoms with Crippen LogP contribution in [0.3, 0.4) is 0 Å². The molecule has 0 saturated heterocycles. The topological polar surface area (TPSA) is 175 Å². The van der Waals surface area contributed by atoms with Gasteiger partial charge in [-0.05, 0) is 6.92 Å². The summed E-state index contributed by atoms with van der Waals surface area (Å²) in [5, 5.41) is 6.39. The molecule has 3 rings (SSSR count). The van der Waals surface area contributed by atoms with Gasteiger partial charge in [-0.3, -0.25) is 14.9 Å². The molecule has 11 nitrogen and oxygen atoms in total. The number of anilines is 2. The third kappa shape index (κ3) is 5.59. The molecule has 0 saturated carbocycles. The molecule has 0 bridgehead atoms. The van der Waals surface area contributed by atoms with Crippen LogP contribution in [0.5, 0.6) is 0 Å². The molecule has 0 spiro atoms. The molecule has 33 heavy (non-hydrogen) atoms. The predicted octanol–water partition coefficient (Wildman–Crippen LogP) is 2.46. The monoisotopic (exact) mass is 489 g/mol. The number of halogens is 1. The Morgan fingerprint density at radius 1 is 1.15 bits per heavy atom. The van der Waals surface area contributed by atoms with Gasteiger partial charge >= 0.3 is 0 Å². The number of carbonyl (C=O) groups excluding carboxylic acids is 2. The Kier molecular flexibility index (Phi) is 7.20. The zero-order valence-corrected chi connectivity index (χ0v) is 20.1. The maximum absolute atomic E-state index is 12.7. The van der Waals surface area contributed by atoms with Crippen LogP contribution >= 0.6 is 22.9 Å². The van der Waals surface area contributed by atoms with E-state index < -0.39 is 17.9 Å². The predicted molar refractivity (Wildman–Crippen MR) is 126 cm³/mol. The van der Waals surface area contributed by atoms with E-state index in [9.17, 15) is 9.59 Å². The normalized spacial score (nSPS) is 12.3. The average molecular weight is 490 g/mol. The van der Waals surface area contributed by atoms with E-state index in [0.29, 0.717) is 26.2 Å². The molecular weight excluding hydrogens is 466 g/mol. The van der Waals surface area contributed by atoms with Crippen LogP contribution in [0.15, 0.2) is 18.7 Å². The number of hydrogen-bond acceptors (Lipinski definition) is 10. The molecule has 3 aromatic rings. The molecule has 174 valence electrons. The van der Waals surface area contributed by atoms with Crippen LogP contribution < -0.4 is 22.1 Å². The largest absolute Gasteiger partial charge is 0.383 e. The lowest BCUT2D eigenvalue weighted by atomic mass is 9.92. The van der Waals surface area contributed by atoms with Crippen molar-refractivity contribution in [3.63, 3.8) is 0 Å². The number of nitrogens with two attached hydrogens (primary N) is 2. The van der Waals surface area contributed by atoms with Gasteiger partial charge in [-0.1, -0.05) is 32.4 Å². The fourth-order valence-electron chi connectivity index (χ4n) is 2.86. The number of nitrogen functional groups attached to an aromatic ring is 1. The van der Waals surface area contributed by atoms with Crippen molar-refractivity contribution in [2.24, 2.45) is 5.73 Å². The molecule has 0 aliphatic carbocycles. The van der Waals surface area contributed by atoms with Gasteiger partial charge in [0.25, 0.3) is 11.8 Å². The first-order valence-corrected chi connectivity index (χ1v) is 11.1. The molecule has 0 radical (unpaired) electrons. The molecule has 2 amide bonds. The summed E-state index contributed by atoms with van der Waals surface area (Å²) in [6, 6.07) is -0.495. The molecule has 3 heterocycles. The van der Waals surface area contributed by atoms with E-state index in [1.807, 2.05) is 20.8 Å². The van der Waals surface area contributed by atoms with Gasteiger partial charge in [0, 0.05) is 17.5 Å².